The van der Waals surface area contributed by atoms with Gasteiger partial charge in [0.2, 0.25) is 10.0 Å². The van der Waals surface area contributed by atoms with E-state index in [9.17, 15) is 13.2 Å². The number of carbonyl (C=O) groups excluding carboxylic acids is 1. The van der Waals surface area contributed by atoms with Gasteiger partial charge < -0.3 is 10.1 Å². The van der Waals surface area contributed by atoms with Crippen LogP contribution in [0.4, 0.5) is 0 Å². The van der Waals surface area contributed by atoms with Gasteiger partial charge >= 0.3 is 5.97 Å². The first-order valence-electron chi connectivity index (χ1n) is 6.31. The maximum Gasteiger partial charge on any atom is 0.322 e. The average molecular weight is 276 g/mol. The van der Waals surface area contributed by atoms with E-state index in [-0.39, 0.29) is 12.6 Å². The fraction of sp³-hybridized carbons (Fsp3) is 0.909. The summed E-state index contributed by atoms with van der Waals surface area (Å²) in [4.78, 5) is 11.3. The molecule has 0 bridgehead atoms. The van der Waals surface area contributed by atoms with Gasteiger partial charge in [0.25, 0.3) is 0 Å². The Bertz CT molecular complexity index is 423. The van der Waals surface area contributed by atoms with E-state index in [1.807, 2.05) is 6.92 Å². The first-order valence-corrected chi connectivity index (χ1v) is 7.92. The smallest absolute Gasteiger partial charge is 0.322 e. The second-order valence-electron chi connectivity index (χ2n) is 4.95. The van der Waals surface area contributed by atoms with Gasteiger partial charge in [-0.05, 0) is 38.8 Å². The maximum absolute atomic E-state index is 12.2. The fourth-order valence-electron chi connectivity index (χ4n) is 2.93. The first-order chi connectivity index (χ1) is 8.45. The zero-order chi connectivity index (χ0) is 13.3. The minimum absolute atomic E-state index is 0.0376. The monoisotopic (exact) mass is 276 g/mol. The van der Waals surface area contributed by atoms with E-state index in [4.69, 9.17) is 4.74 Å². The largest absolute Gasteiger partial charge is 0.465 e. The van der Waals surface area contributed by atoms with Crippen molar-refractivity contribution in [3.8, 4) is 0 Å². The topological polar surface area (TPSA) is 75.7 Å². The van der Waals surface area contributed by atoms with Gasteiger partial charge in [0.15, 0.2) is 5.75 Å². The minimum atomic E-state index is -3.54. The molecular weight excluding hydrogens is 256 g/mol. The van der Waals surface area contributed by atoms with Crippen LogP contribution in [-0.4, -0.2) is 56.7 Å². The Balaban J connectivity index is 2.05. The molecule has 3 unspecified atom stereocenters. The molecule has 0 radical (unpaired) electrons. The van der Waals surface area contributed by atoms with E-state index in [0.29, 0.717) is 18.4 Å². The molecule has 2 rings (SSSR count). The van der Waals surface area contributed by atoms with Crippen molar-refractivity contribution in [2.75, 3.05) is 32.0 Å². The number of nitrogens with one attached hydrogen (secondary N) is 1. The molecule has 18 heavy (non-hydrogen) atoms. The van der Waals surface area contributed by atoms with Crippen molar-refractivity contribution < 1.29 is 17.9 Å². The van der Waals surface area contributed by atoms with Crippen LogP contribution < -0.4 is 5.32 Å². The highest BCUT2D eigenvalue weighted by atomic mass is 32.2. The Hall–Kier alpha value is -0.660. The van der Waals surface area contributed by atoms with E-state index < -0.39 is 21.7 Å². The van der Waals surface area contributed by atoms with Gasteiger partial charge in [0, 0.05) is 12.6 Å². The van der Waals surface area contributed by atoms with E-state index in [0.717, 1.165) is 13.1 Å². The van der Waals surface area contributed by atoms with Gasteiger partial charge in [-0.25, -0.2) is 8.42 Å². The summed E-state index contributed by atoms with van der Waals surface area (Å²) in [5, 5.41) is 3.27. The Morgan fingerprint density at radius 1 is 1.44 bits per heavy atom. The molecule has 104 valence electrons. The quantitative estimate of drug-likeness (QED) is 0.695. The zero-order valence-corrected chi connectivity index (χ0v) is 11.6. The lowest BCUT2D eigenvalue weighted by Gasteiger charge is -2.23. The van der Waals surface area contributed by atoms with Gasteiger partial charge in [-0.15, -0.1) is 0 Å². The Kier molecular flexibility index (Phi) is 3.93. The third-order valence-corrected chi connectivity index (χ3v) is 5.64. The molecule has 3 atom stereocenters. The number of hydrogen-bond acceptors (Lipinski definition) is 5. The fourth-order valence-corrected chi connectivity index (χ4v) is 4.56. The third kappa shape index (κ3) is 2.53. The van der Waals surface area contributed by atoms with Gasteiger partial charge in [0.05, 0.1) is 6.61 Å². The summed E-state index contributed by atoms with van der Waals surface area (Å²) in [6, 6.07) is -0.0376. The van der Waals surface area contributed by atoms with Crippen LogP contribution in [-0.2, 0) is 19.6 Å². The lowest BCUT2D eigenvalue weighted by atomic mass is 9.95. The molecule has 0 aliphatic carbocycles. The second kappa shape index (κ2) is 5.14. The molecule has 0 aromatic carbocycles. The van der Waals surface area contributed by atoms with Crippen molar-refractivity contribution in [3.63, 3.8) is 0 Å². The minimum Gasteiger partial charge on any atom is -0.465 e. The standard InChI is InChI=1S/C11H20N2O4S/c1-3-17-11(14)7-18(15,16)13-6-9-4-12-5-10(9)8(13)2/h8-10,12H,3-7H2,1-2H3. The van der Waals surface area contributed by atoms with Gasteiger partial charge in [-0.3, -0.25) is 4.79 Å². The Morgan fingerprint density at radius 2 is 2.17 bits per heavy atom. The number of sulfonamides is 1. The molecule has 0 saturated carbocycles. The molecule has 0 aromatic heterocycles. The number of carbonyl (C=O) groups is 1. The number of ether oxygens (including phenoxy) is 1. The van der Waals surface area contributed by atoms with Crippen LogP contribution in [0.2, 0.25) is 0 Å². The van der Waals surface area contributed by atoms with Crippen molar-refractivity contribution in [3.05, 3.63) is 0 Å². The highest BCUT2D eigenvalue weighted by molar-refractivity contribution is 7.89. The summed E-state index contributed by atoms with van der Waals surface area (Å²) >= 11 is 0. The molecule has 0 spiro atoms. The molecule has 6 nitrogen and oxygen atoms in total. The lowest BCUT2D eigenvalue weighted by molar-refractivity contribution is -0.140. The number of fused-ring (bicyclic) bond motifs is 1. The second-order valence-corrected chi connectivity index (χ2v) is 6.88. The average Bonchev–Trinajstić information content (AvgIpc) is 2.81. The normalized spacial score (nSPS) is 32.4. The molecule has 2 fully saturated rings. The van der Waals surface area contributed by atoms with Crippen molar-refractivity contribution in [1.29, 1.82) is 0 Å². The molecule has 0 amide bonds. The van der Waals surface area contributed by atoms with Crippen LogP contribution in [0.3, 0.4) is 0 Å². The lowest BCUT2D eigenvalue weighted by Crippen LogP contribution is -2.41. The van der Waals surface area contributed by atoms with Gasteiger partial charge in [-0.1, -0.05) is 0 Å². The molecule has 2 heterocycles. The number of esters is 1. The SMILES string of the molecule is CCOC(=O)CS(=O)(=O)N1CC2CNCC2C1C. The Morgan fingerprint density at radius 3 is 2.78 bits per heavy atom. The summed E-state index contributed by atoms with van der Waals surface area (Å²) in [6.45, 7) is 6.02. The first kappa shape index (κ1) is 13.8. The third-order valence-electron chi connectivity index (χ3n) is 3.84. The summed E-state index contributed by atoms with van der Waals surface area (Å²) in [7, 11) is -3.54. The predicted octanol–water partition coefficient (Wildman–Crippen LogP) is -0.581. The summed E-state index contributed by atoms with van der Waals surface area (Å²) in [5.74, 6) is -0.475. The van der Waals surface area contributed by atoms with E-state index in [2.05, 4.69) is 5.32 Å². The van der Waals surface area contributed by atoms with Crippen LogP contribution in [0.5, 0.6) is 0 Å². The van der Waals surface area contributed by atoms with Gasteiger partial charge in [-0.2, -0.15) is 4.31 Å². The van der Waals surface area contributed by atoms with E-state index >= 15 is 0 Å². The molecule has 2 aliphatic heterocycles. The van der Waals surface area contributed by atoms with Crippen LogP contribution >= 0.6 is 0 Å². The van der Waals surface area contributed by atoms with Crippen molar-refractivity contribution >= 4 is 16.0 Å². The molecule has 2 saturated heterocycles. The Labute approximate surface area is 108 Å². The number of rotatable bonds is 4. The summed E-state index contributed by atoms with van der Waals surface area (Å²) in [5.41, 5.74) is 0. The summed E-state index contributed by atoms with van der Waals surface area (Å²) in [6.07, 6.45) is 0. The highest BCUT2D eigenvalue weighted by Gasteiger charge is 2.46. The van der Waals surface area contributed by atoms with Crippen LogP contribution in [0.25, 0.3) is 0 Å². The van der Waals surface area contributed by atoms with Crippen molar-refractivity contribution in [2.24, 2.45) is 11.8 Å². The van der Waals surface area contributed by atoms with Crippen molar-refractivity contribution in [2.45, 2.75) is 19.9 Å². The van der Waals surface area contributed by atoms with Crippen LogP contribution in [0.1, 0.15) is 13.8 Å². The molecule has 0 aromatic rings. The van der Waals surface area contributed by atoms with Gasteiger partial charge in [0.1, 0.15) is 0 Å². The highest BCUT2D eigenvalue weighted by Crippen LogP contribution is 2.34. The number of hydrogen-bond donors (Lipinski definition) is 1. The molecule has 1 N–H and O–H groups in total. The van der Waals surface area contributed by atoms with Crippen molar-refractivity contribution in [1.82, 2.24) is 9.62 Å². The van der Waals surface area contributed by atoms with Crippen LogP contribution in [0.15, 0.2) is 0 Å². The number of nitrogens with zero attached hydrogens (tertiary/aromatic N) is 1. The van der Waals surface area contributed by atoms with Crippen LogP contribution in [0, 0.1) is 11.8 Å². The van der Waals surface area contributed by atoms with E-state index in [1.165, 1.54) is 4.31 Å². The molecule has 7 heteroatoms. The van der Waals surface area contributed by atoms with E-state index in [1.54, 1.807) is 6.92 Å². The predicted molar refractivity (Wildman–Crippen MR) is 66.4 cm³/mol. The molecule has 2 aliphatic rings. The summed E-state index contributed by atoms with van der Waals surface area (Å²) < 4.78 is 30.5. The maximum atomic E-state index is 12.2. The molecular formula is C11H20N2O4S. The zero-order valence-electron chi connectivity index (χ0n) is 10.8.